The zero-order chi connectivity index (χ0) is 12.8. The summed E-state index contributed by atoms with van der Waals surface area (Å²) in [6, 6.07) is 8.50. The van der Waals surface area contributed by atoms with Crippen molar-refractivity contribution >= 4 is 5.97 Å². The van der Waals surface area contributed by atoms with Gasteiger partial charge in [-0.1, -0.05) is 30.7 Å². The van der Waals surface area contributed by atoms with Crippen LogP contribution < -0.4 is 0 Å². The Bertz CT molecular complexity index is 375. The molecule has 0 aromatic heterocycles. The zero-order valence-corrected chi connectivity index (χ0v) is 10.6. The van der Waals surface area contributed by atoms with Crippen LogP contribution in [0.25, 0.3) is 0 Å². The highest BCUT2D eigenvalue weighted by atomic mass is 16.5. The smallest absolute Gasteiger partial charge is 0.303 e. The van der Waals surface area contributed by atoms with E-state index in [1.807, 2.05) is 0 Å². The minimum absolute atomic E-state index is 0.273. The molecule has 98 valence electrons. The number of rotatable bonds is 7. The van der Waals surface area contributed by atoms with E-state index >= 15 is 0 Å². The van der Waals surface area contributed by atoms with Crippen LogP contribution in [0.15, 0.2) is 24.3 Å². The molecule has 1 aromatic rings. The number of fused-ring (bicyclic) bond motifs is 1. The largest absolute Gasteiger partial charge is 0.481 e. The SMILES string of the molecule is O=C(O)CCCCCOC1Cc2ccccc2C1. The zero-order valence-electron chi connectivity index (χ0n) is 10.6. The van der Waals surface area contributed by atoms with E-state index in [9.17, 15) is 4.79 Å². The van der Waals surface area contributed by atoms with Gasteiger partial charge in [-0.15, -0.1) is 0 Å². The van der Waals surface area contributed by atoms with Gasteiger partial charge in [0.25, 0.3) is 0 Å². The van der Waals surface area contributed by atoms with Crippen molar-refractivity contribution in [2.45, 2.75) is 44.6 Å². The molecule has 18 heavy (non-hydrogen) atoms. The second kappa shape index (κ2) is 6.55. The van der Waals surface area contributed by atoms with Crippen LogP contribution in [0.1, 0.15) is 36.8 Å². The van der Waals surface area contributed by atoms with Gasteiger partial charge in [-0.25, -0.2) is 0 Å². The Kier molecular flexibility index (Phi) is 4.76. The molecule has 0 saturated heterocycles. The maximum absolute atomic E-state index is 10.3. The van der Waals surface area contributed by atoms with Gasteiger partial charge in [-0.05, 0) is 36.8 Å². The standard InChI is InChI=1S/C15H20O3/c16-15(17)8-2-1-5-9-18-14-10-12-6-3-4-7-13(12)11-14/h3-4,6-7,14H,1-2,5,8-11H2,(H,16,17). The van der Waals surface area contributed by atoms with Crippen molar-refractivity contribution in [2.24, 2.45) is 0 Å². The Morgan fingerprint density at radius 2 is 1.83 bits per heavy atom. The van der Waals surface area contributed by atoms with Gasteiger partial charge in [-0.2, -0.15) is 0 Å². The maximum atomic E-state index is 10.3. The van der Waals surface area contributed by atoms with Crippen LogP contribution in [-0.2, 0) is 22.4 Å². The summed E-state index contributed by atoms with van der Waals surface area (Å²) in [5.74, 6) is -0.706. The van der Waals surface area contributed by atoms with Gasteiger partial charge in [0.05, 0.1) is 6.10 Å². The van der Waals surface area contributed by atoms with Gasteiger partial charge in [0.2, 0.25) is 0 Å². The number of hydrogen-bond acceptors (Lipinski definition) is 2. The Morgan fingerprint density at radius 3 is 2.44 bits per heavy atom. The van der Waals surface area contributed by atoms with Crippen LogP contribution in [0.5, 0.6) is 0 Å². The monoisotopic (exact) mass is 248 g/mol. The molecule has 0 bridgehead atoms. The van der Waals surface area contributed by atoms with Crippen LogP contribution in [0, 0.1) is 0 Å². The van der Waals surface area contributed by atoms with Crippen molar-refractivity contribution in [3.8, 4) is 0 Å². The summed E-state index contributed by atoms with van der Waals surface area (Å²) in [5.41, 5.74) is 2.82. The first-order chi connectivity index (χ1) is 8.75. The molecule has 0 amide bonds. The number of unbranched alkanes of at least 4 members (excludes halogenated alkanes) is 2. The first-order valence-corrected chi connectivity index (χ1v) is 6.66. The second-order valence-electron chi connectivity index (χ2n) is 4.87. The molecule has 3 heteroatoms. The molecule has 3 nitrogen and oxygen atoms in total. The Morgan fingerprint density at radius 1 is 1.17 bits per heavy atom. The number of hydrogen-bond donors (Lipinski definition) is 1. The molecular formula is C15H20O3. The summed E-state index contributed by atoms with van der Waals surface area (Å²) in [4.78, 5) is 10.3. The van der Waals surface area contributed by atoms with Crippen molar-refractivity contribution in [3.05, 3.63) is 35.4 Å². The number of aliphatic carboxylic acids is 1. The number of carboxylic acids is 1. The quantitative estimate of drug-likeness (QED) is 0.755. The number of benzene rings is 1. The Labute approximate surface area is 108 Å². The average molecular weight is 248 g/mol. The number of ether oxygens (including phenoxy) is 1. The molecule has 1 aliphatic rings. The van der Waals surface area contributed by atoms with Gasteiger partial charge in [0.1, 0.15) is 0 Å². The van der Waals surface area contributed by atoms with E-state index in [1.54, 1.807) is 0 Å². The van der Waals surface area contributed by atoms with Crippen molar-refractivity contribution in [1.29, 1.82) is 0 Å². The molecule has 0 saturated carbocycles. The van der Waals surface area contributed by atoms with Gasteiger partial charge in [0, 0.05) is 13.0 Å². The van der Waals surface area contributed by atoms with Crippen LogP contribution in [-0.4, -0.2) is 23.8 Å². The molecule has 0 atom stereocenters. The molecule has 1 N–H and O–H groups in total. The van der Waals surface area contributed by atoms with Crippen molar-refractivity contribution in [3.63, 3.8) is 0 Å². The van der Waals surface area contributed by atoms with Crippen LogP contribution in [0.4, 0.5) is 0 Å². The molecule has 0 heterocycles. The summed E-state index contributed by atoms with van der Waals surface area (Å²) >= 11 is 0. The van der Waals surface area contributed by atoms with E-state index in [0.29, 0.717) is 6.10 Å². The molecule has 2 rings (SSSR count). The highest BCUT2D eigenvalue weighted by Gasteiger charge is 2.20. The third-order valence-electron chi connectivity index (χ3n) is 3.40. The van der Waals surface area contributed by atoms with Gasteiger partial charge in [0.15, 0.2) is 0 Å². The second-order valence-corrected chi connectivity index (χ2v) is 4.87. The van der Waals surface area contributed by atoms with E-state index < -0.39 is 5.97 Å². The Hall–Kier alpha value is -1.35. The van der Waals surface area contributed by atoms with E-state index in [4.69, 9.17) is 9.84 Å². The molecule has 1 aromatic carbocycles. The molecule has 0 fully saturated rings. The maximum Gasteiger partial charge on any atom is 0.303 e. The van der Waals surface area contributed by atoms with E-state index in [0.717, 1.165) is 38.7 Å². The van der Waals surface area contributed by atoms with Gasteiger partial charge < -0.3 is 9.84 Å². The normalized spacial score (nSPS) is 14.7. The predicted octanol–water partition coefficient (Wildman–Crippen LogP) is 2.82. The summed E-state index contributed by atoms with van der Waals surface area (Å²) in [6.07, 6.45) is 5.28. The highest BCUT2D eigenvalue weighted by molar-refractivity contribution is 5.66. The predicted molar refractivity (Wildman–Crippen MR) is 69.7 cm³/mol. The summed E-state index contributed by atoms with van der Waals surface area (Å²) < 4.78 is 5.85. The highest BCUT2D eigenvalue weighted by Crippen LogP contribution is 2.23. The molecular weight excluding hydrogens is 228 g/mol. The first kappa shape index (κ1) is 13.1. The lowest BCUT2D eigenvalue weighted by Gasteiger charge is -2.10. The number of carbonyl (C=O) groups is 1. The topological polar surface area (TPSA) is 46.5 Å². The fourth-order valence-electron chi connectivity index (χ4n) is 2.44. The van der Waals surface area contributed by atoms with Crippen LogP contribution in [0.2, 0.25) is 0 Å². The van der Waals surface area contributed by atoms with Crippen LogP contribution in [0.3, 0.4) is 0 Å². The van der Waals surface area contributed by atoms with Crippen molar-refractivity contribution in [1.82, 2.24) is 0 Å². The van der Waals surface area contributed by atoms with Crippen LogP contribution >= 0.6 is 0 Å². The molecule has 1 aliphatic carbocycles. The van der Waals surface area contributed by atoms with Crippen molar-refractivity contribution < 1.29 is 14.6 Å². The lowest BCUT2D eigenvalue weighted by Crippen LogP contribution is -2.13. The molecule has 0 spiro atoms. The van der Waals surface area contributed by atoms with Gasteiger partial charge in [-0.3, -0.25) is 4.79 Å². The molecule has 0 radical (unpaired) electrons. The minimum Gasteiger partial charge on any atom is -0.481 e. The van der Waals surface area contributed by atoms with E-state index in [2.05, 4.69) is 24.3 Å². The molecule has 0 unspecified atom stereocenters. The summed E-state index contributed by atoms with van der Waals surface area (Å²) in [6.45, 7) is 0.748. The number of carboxylic acid groups (broad SMARTS) is 1. The summed E-state index contributed by atoms with van der Waals surface area (Å²) in [7, 11) is 0. The minimum atomic E-state index is -0.706. The fraction of sp³-hybridized carbons (Fsp3) is 0.533. The lowest BCUT2D eigenvalue weighted by atomic mass is 10.1. The fourth-order valence-corrected chi connectivity index (χ4v) is 2.44. The van der Waals surface area contributed by atoms with Crippen molar-refractivity contribution in [2.75, 3.05) is 6.61 Å². The third kappa shape index (κ3) is 3.84. The van der Waals surface area contributed by atoms with E-state index in [1.165, 1.54) is 11.1 Å². The molecule has 0 aliphatic heterocycles. The van der Waals surface area contributed by atoms with Gasteiger partial charge >= 0.3 is 5.97 Å². The Balaban J connectivity index is 1.58. The summed E-state index contributed by atoms with van der Waals surface area (Å²) in [5, 5.41) is 8.51. The van der Waals surface area contributed by atoms with E-state index in [-0.39, 0.29) is 6.42 Å². The lowest BCUT2D eigenvalue weighted by molar-refractivity contribution is -0.137. The third-order valence-corrected chi connectivity index (χ3v) is 3.40. The first-order valence-electron chi connectivity index (χ1n) is 6.66. The average Bonchev–Trinajstić information content (AvgIpc) is 2.75.